The molecule has 5 rings (SSSR count). The summed E-state index contributed by atoms with van der Waals surface area (Å²) in [6.45, 7) is 1.06. The van der Waals surface area contributed by atoms with Gasteiger partial charge in [-0.25, -0.2) is 15.0 Å². The summed E-state index contributed by atoms with van der Waals surface area (Å²) in [5.74, 6) is 0.721. The van der Waals surface area contributed by atoms with Crippen LogP contribution >= 0.6 is 0 Å². The molecule has 5 atom stereocenters. The first-order valence-electron chi connectivity index (χ1n) is 11.4. The molecule has 0 radical (unpaired) electrons. The zero-order valence-electron chi connectivity index (χ0n) is 17.3. The molecule has 0 bridgehead atoms. The van der Waals surface area contributed by atoms with Crippen LogP contribution in [0.4, 0.5) is 5.82 Å². The van der Waals surface area contributed by atoms with Crippen LogP contribution in [0.5, 0.6) is 0 Å². The van der Waals surface area contributed by atoms with E-state index in [0.717, 1.165) is 38.0 Å². The Hall–Kier alpha value is -1.81. The summed E-state index contributed by atoms with van der Waals surface area (Å²) in [4.78, 5) is 13.3. The fourth-order valence-corrected chi connectivity index (χ4v) is 5.14. The predicted octanol–water partition coefficient (Wildman–Crippen LogP) is 1.72. The van der Waals surface area contributed by atoms with Crippen molar-refractivity contribution in [3.05, 3.63) is 12.7 Å². The zero-order valence-corrected chi connectivity index (χ0v) is 17.3. The zero-order chi connectivity index (χ0) is 20.5. The van der Waals surface area contributed by atoms with E-state index in [9.17, 15) is 10.2 Å². The second-order valence-corrected chi connectivity index (χ2v) is 8.94. The maximum atomic E-state index is 10.7. The number of imidazole rings is 1. The Kier molecular flexibility index (Phi) is 5.86. The van der Waals surface area contributed by atoms with Crippen molar-refractivity contribution in [1.29, 1.82) is 0 Å². The van der Waals surface area contributed by atoms with Crippen molar-refractivity contribution >= 4 is 17.0 Å². The molecule has 4 heterocycles. The molecule has 164 valence electrons. The lowest BCUT2D eigenvalue weighted by Gasteiger charge is -2.25. The van der Waals surface area contributed by atoms with E-state index in [4.69, 9.17) is 4.74 Å². The highest BCUT2D eigenvalue weighted by atomic mass is 16.6. The van der Waals surface area contributed by atoms with Gasteiger partial charge in [-0.15, -0.1) is 0 Å². The number of hydrogen-bond acceptors (Lipinski definition) is 8. The lowest BCUT2D eigenvalue weighted by atomic mass is 9.97. The normalized spacial score (nSPS) is 32.8. The number of rotatable bonds is 6. The summed E-state index contributed by atoms with van der Waals surface area (Å²) < 4.78 is 7.84. The Morgan fingerprint density at radius 1 is 1.03 bits per heavy atom. The maximum absolute atomic E-state index is 10.7. The molecule has 1 saturated carbocycles. The molecular formula is C21H32N6O3. The van der Waals surface area contributed by atoms with Gasteiger partial charge in [0.25, 0.3) is 0 Å². The minimum absolute atomic E-state index is 0.399. The van der Waals surface area contributed by atoms with Crippen LogP contribution in [0.2, 0.25) is 0 Å². The number of aliphatic hydroxyl groups excluding tert-OH is 2. The van der Waals surface area contributed by atoms with Crippen LogP contribution in [0.3, 0.4) is 0 Å². The lowest BCUT2D eigenvalue weighted by molar-refractivity contribution is -0.0381. The molecule has 1 aliphatic carbocycles. The van der Waals surface area contributed by atoms with Gasteiger partial charge in [-0.2, -0.15) is 0 Å². The maximum Gasteiger partial charge on any atom is 0.167 e. The first-order valence-corrected chi connectivity index (χ1v) is 11.4. The fourth-order valence-electron chi connectivity index (χ4n) is 5.14. The minimum atomic E-state index is -1.02. The van der Waals surface area contributed by atoms with Gasteiger partial charge >= 0.3 is 0 Å². The van der Waals surface area contributed by atoms with E-state index >= 15 is 0 Å². The first-order chi connectivity index (χ1) is 14.7. The molecule has 0 aromatic carbocycles. The summed E-state index contributed by atoms with van der Waals surface area (Å²) >= 11 is 0. The van der Waals surface area contributed by atoms with E-state index in [1.165, 1.54) is 32.0 Å². The summed E-state index contributed by atoms with van der Waals surface area (Å²) in [5.41, 5.74) is 1.28. The molecule has 30 heavy (non-hydrogen) atoms. The number of piperidine rings is 1. The second kappa shape index (κ2) is 8.74. The van der Waals surface area contributed by atoms with Crippen molar-refractivity contribution in [2.45, 2.75) is 94.4 Å². The van der Waals surface area contributed by atoms with E-state index in [0.29, 0.717) is 29.7 Å². The summed E-state index contributed by atoms with van der Waals surface area (Å²) in [7, 11) is 0. The highest BCUT2D eigenvalue weighted by Gasteiger charge is 2.44. The summed E-state index contributed by atoms with van der Waals surface area (Å²) in [6, 6.07) is 0.887. The molecule has 0 spiro atoms. The van der Waals surface area contributed by atoms with Gasteiger partial charge in [0.15, 0.2) is 23.2 Å². The van der Waals surface area contributed by atoms with Crippen molar-refractivity contribution in [3.63, 3.8) is 0 Å². The molecule has 2 aliphatic heterocycles. The van der Waals surface area contributed by atoms with Gasteiger partial charge in [0.1, 0.15) is 18.5 Å². The highest BCUT2D eigenvalue weighted by molar-refractivity contribution is 5.82. The molecule has 9 nitrogen and oxygen atoms in total. The third kappa shape index (κ3) is 3.91. The molecule has 3 fully saturated rings. The van der Waals surface area contributed by atoms with Crippen molar-refractivity contribution in [3.8, 4) is 0 Å². The number of aliphatic hydroxyl groups is 2. The third-order valence-corrected chi connectivity index (χ3v) is 6.88. The standard InChI is InChI=1S/C21H32N6O3/c28-17-15(9-8-13-5-3-4-10-22-13)30-21(18(17)29)27-12-25-16-19(23-11-24-20(16)27)26-14-6-1-2-7-14/h11-15,17-18,21-22,28-29H,1-10H2,(H,23,24,26)/t13?,15-,17-,18-,21-/m1/s1. The molecule has 1 unspecified atom stereocenters. The Morgan fingerprint density at radius 3 is 2.67 bits per heavy atom. The van der Waals surface area contributed by atoms with E-state index in [2.05, 4.69) is 25.6 Å². The van der Waals surface area contributed by atoms with Crippen molar-refractivity contribution < 1.29 is 14.9 Å². The first kappa shape index (κ1) is 20.1. The van der Waals surface area contributed by atoms with Crippen molar-refractivity contribution in [2.75, 3.05) is 11.9 Å². The van der Waals surface area contributed by atoms with Crippen LogP contribution in [-0.4, -0.2) is 66.7 Å². The van der Waals surface area contributed by atoms with Gasteiger partial charge in [0, 0.05) is 12.1 Å². The molecular weight excluding hydrogens is 384 g/mol. The van der Waals surface area contributed by atoms with Crippen LogP contribution in [0, 0.1) is 0 Å². The number of ether oxygens (including phenoxy) is 1. The lowest BCUT2D eigenvalue weighted by Crippen LogP contribution is -2.36. The third-order valence-electron chi connectivity index (χ3n) is 6.88. The average molecular weight is 417 g/mol. The number of fused-ring (bicyclic) bond motifs is 1. The quantitative estimate of drug-likeness (QED) is 0.562. The van der Waals surface area contributed by atoms with E-state index in [1.807, 2.05) is 0 Å². The van der Waals surface area contributed by atoms with Gasteiger partial charge in [-0.05, 0) is 45.1 Å². The Balaban J connectivity index is 1.30. The largest absolute Gasteiger partial charge is 0.388 e. The van der Waals surface area contributed by atoms with Gasteiger partial charge < -0.3 is 25.6 Å². The molecule has 2 aromatic heterocycles. The Labute approximate surface area is 176 Å². The number of nitrogens with one attached hydrogen (secondary N) is 2. The topological polar surface area (TPSA) is 117 Å². The Morgan fingerprint density at radius 2 is 1.87 bits per heavy atom. The van der Waals surface area contributed by atoms with Crippen LogP contribution in [0.1, 0.15) is 64.0 Å². The van der Waals surface area contributed by atoms with Crippen LogP contribution in [0.25, 0.3) is 11.2 Å². The second-order valence-electron chi connectivity index (χ2n) is 8.94. The average Bonchev–Trinajstić information content (AvgIpc) is 3.49. The summed E-state index contributed by atoms with van der Waals surface area (Å²) in [6.07, 6.45) is 10.1. The monoisotopic (exact) mass is 416 g/mol. The smallest absolute Gasteiger partial charge is 0.167 e. The fraction of sp³-hybridized carbons (Fsp3) is 0.762. The molecule has 3 aliphatic rings. The SMILES string of the molecule is O[C@@H]1[C@H](O)[C@@H](CCC2CCCCN2)O[C@H]1n1cnc2c(NC3CCCC3)ncnc21. The van der Waals surface area contributed by atoms with Crippen molar-refractivity contribution in [1.82, 2.24) is 24.8 Å². The van der Waals surface area contributed by atoms with E-state index in [-0.39, 0.29) is 0 Å². The number of anilines is 1. The number of nitrogens with zero attached hydrogens (tertiary/aromatic N) is 4. The molecule has 2 aromatic rings. The number of hydrogen-bond donors (Lipinski definition) is 4. The summed E-state index contributed by atoms with van der Waals surface area (Å²) in [5, 5.41) is 28.3. The predicted molar refractivity (Wildman–Crippen MR) is 112 cm³/mol. The Bertz CT molecular complexity index is 848. The highest BCUT2D eigenvalue weighted by Crippen LogP contribution is 2.35. The minimum Gasteiger partial charge on any atom is -0.388 e. The van der Waals surface area contributed by atoms with Gasteiger partial charge in [0.2, 0.25) is 0 Å². The van der Waals surface area contributed by atoms with Crippen LogP contribution in [-0.2, 0) is 4.74 Å². The van der Waals surface area contributed by atoms with Crippen LogP contribution < -0.4 is 10.6 Å². The van der Waals surface area contributed by atoms with Gasteiger partial charge in [-0.1, -0.05) is 19.3 Å². The van der Waals surface area contributed by atoms with E-state index in [1.54, 1.807) is 10.9 Å². The molecule has 2 saturated heterocycles. The van der Waals surface area contributed by atoms with Gasteiger partial charge in [0.05, 0.1) is 12.4 Å². The van der Waals surface area contributed by atoms with Crippen molar-refractivity contribution in [2.24, 2.45) is 0 Å². The van der Waals surface area contributed by atoms with Gasteiger partial charge in [-0.3, -0.25) is 4.57 Å². The van der Waals surface area contributed by atoms with Crippen LogP contribution in [0.15, 0.2) is 12.7 Å². The molecule has 9 heteroatoms. The number of aromatic nitrogens is 4. The van der Waals surface area contributed by atoms with E-state index < -0.39 is 24.5 Å². The molecule has 0 amide bonds. The molecule has 4 N–H and O–H groups in total.